The molecule has 0 unspecified atom stereocenters. The summed E-state index contributed by atoms with van der Waals surface area (Å²) in [6, 6.07) is 12.1. The van der Waals surface area contributed by atoms with Gasteiger partial charge < -0.3 is 14.9 Å². The normalized spacial score (nSPS) is 14.1. The van der Waals surface area contributed by atoms with Crippen molar-refractivity contribution in [2.45, 2.75) is 13.8 Å². The van der Waals surface area contributed by atoms with Crippen LogP contribution in [0.1, 0.15) is 42.2 Å². The highest BCUT2D eigenvalue weighted by Gasteiger charge is 2.26. The Morgan fingerprint density at radius 2 is 1.19 bits per heavy atom. The molecule has 1 heterocycles. The van der Waals surface area contributed by atoms with Gasteiger partial charge in [0.1, 0.15) is 0 Å². The summed E-state index contributed by atoms with van der Waals surface area (Å²) < 4.78 is 0. The number of nitrogens with zero attached hydrogens (tertiary/aromatic N) is 2. The molecule has 140 valence electrons. The summed E-state index contributed by atoms with van der Waals surface area (Å²) in [5.41, 5.74) is 2.94. The first-order chi connectivity index (χ1) is 12.8. The minimum Gasteiger partial charge on any atom is -0.478 e. The Morgan fingerprint density at radius 3 is 1.70 bits per heavy atom. The maximum Gasteiger partial charge on any atom is 0.335 e. The summed E-state index contributed by atoms with van der Waals surface area (Å²) in [6.45, 7) is 5.49. The Kier molecular flexibility index (Phi) is 5.26. The molecule has 6 nitrogen and oxygen atoms in total. The molecule has 1 saturated heterocycles. The van der Waals surface area contributed by atoms with E-state index < -0.39 is 5.97 Å². The van der Waals surface area contributed by atoms with Crippen LogP contribution in [0.15, 0.2) is 42.5 Å². The van der Waals surface area contributed by atoms with Crippen LogP contribution >= 0.6 is 0 Å². The topological polar surface area (TPSA) is 77.9 Å². The van der Waals surface area contributed by atoms with Crippen LogP contribution in [-0.2, 0) is 0 Å². The molecule has 0 aromatic heterocycles. The molecule has 0 spiro atoms. The van der Waals surface area contributed by atoms with E-state index in [1.807, 2.05) is 31.2 Å². The minimum atomic E-state index is -1.05. The minimum absolute atomic E-state index is 0.0363. The molecule has 0 radical (unpaired) electrons. The smallest absolute Gasteiger partial charge is 0.335 e. The van der Waals surface area contributed by atoms with Crippen LogP contribution in [0.4, 0.5) is 0 Å². The third kappa shape index (κ3) is 4.16. The lowest BCUT2D eigenvalue weighted by Gasteiger charge is -2.35. The summed E-state index contributed by atoms with van der Waals surface area (Å²) in [4.78, 5) is 39.9. The highest BCUT2D eigenvalue weighted by atomic mass is 16.4. The first-order valence-electron chi connectivity index (χ1n) is 8.85. The van der Waals surface area contributed by atoms with Crippen molar-refractivity contribution in [3.63, 3.8) is 0 Å². The fourth-order valence-electron chi connectivity index (χ4n) is 3.20. The van der Waals surface area contributed by atoms with Gasteiger partial charge >= 0.3 is 5.97 Å². The van der Waals surface area contributed by atoms with E-state index in [0.29, 0.717) is 37.3 Å². The fraction of sp³-hybridized carbons (Fsp3) is 0.286. The Hall–Kier alpha value is -3.15. The average Bonchev–Trinajstić information content (AvgIpc) is 2.67. The van der Waals surface area contributed by atoms with Crippen molar-refractivity contribution >= 4 is 17.8 Å². The molecular weight excluding hydrogens is 344 g/mol. The lowest BCUT2D eigenvalue weighted by Crippen LogP contribution is -2.50. The van der Waals surface area contributed by atoms with Crippen molar-refractivity contribution in [3.8, 4) is 0 Å². The van der Waals surface area contributed by atoms with E-state index in [2.05, 4.69) is 0 Å². The second kappa shape index (κ2) is 7.61. The van der Waals surface area contributed by atoms with Crippen molar-refractivity contribution in [2.75, 3.05) is 26.2 Å². The standard InChI is InChI=1S/C21H22N2O4/c1-14-3-5-16(6-4-14)19(24)22-7-9-23(10-8-22)20(25)17-11-15(2)12-18(13-17)21(26)27/h3-6,11-13H,7-10H2,1-2H3,(H,26,27). The predicted molar refractivity (Wildman–Crippen MR) is 101 cm³/mol. The SMILES string of the molecule is Cc1ccc(C(=O)N2CCN(C(=O)c3cc(C)cc(C(=O)O)c3)CC2)cc1. The van der Waals surface area contributed by atoms with E-state index in [-0.39, 0.29) is 17.4 Å². The fourth-order valence-corrected chi connectivity index (χ4v) is 3.20. The van der Waals surface area contributed by atoms with Crippen molar-refractivity contribution in [1.29, 1.82) is 0 Å². The third-order valence-corrected chi connectivity index (χ3v) is 4.72. The van der Waals surface area contributed by atoms with Gasteiger partial charge in [-0.05, 0) is 49.7 Å². The highest BCUT2D eigenvalue weighted by molar-refractivity contribution is 5.98. The van der Waals surface area contributed by atoms with Crippen molar-refractivity contribution in [2.24, 2.45) is 0 Å². The number of aromatic carboxylic acids is 1. The van der Waals surface area contributed by atoms with Crippen LogP contribution in [-0.4, -0.2) is 58.9 Å². The number of rotatable bonds is 3. The molecule has 0 saturated carbocycles. The molecule has 0 aliphatic carbocycles. The van der Waals surface area contributed by atoms with Gasteiger partial charge in [-0.25, -0.2) is 4.79 Å². The van der Waals surface area contributed by atoms with Crippen molar-refractivity contribution in [3.05, 3.63) is 70.3 Å². The summed E-state index contributed by atoms with van der Waals surface area (Å²) in [7, 11) is 0. The van der Waals surface area contributed by atoms with Crippen LogP contribution < -0.4 is 0 Å². The van der Waals surface area contributed by atoms with Crippen LogP contribution in [0, 0.1) is 13.8 Å². The maximum atomic E-state index is 12.7. The van der Waals surface area contributed by atoms with Crippen LogP contribution in [0.3, 0.4) is 0 Å². The summed E-state index contributed by atoms with van der Waals surface area (Å²) >= 11 is 0. The van der Waals surface area contributed by atoms with Crippen LogP contribution in [0.25, 0.3) is 0 Å². The first kappa shape index (κ1) is 18.6. The first-order valence-corrected chi connectivity index (χ1v) is 8.85. The second-order valence-electron chi connectivity index (χ2n) is 6.84. The van der Waals surface area contributed by atoms with Gasteiger partial charge in [-0.2, -0.15) is 0 Å². The summed E-state index contributed by atoms with van der Waals surface area (Å²) in [6.07, 6.45) is 0. The van der Waals surface area contributed by atoms with E-state index in [4.69, 9.17) is 0 Å². The van der Waals surface area contributed by atoms with Gasteiger partial charge in [0, 0.05) is 37.3 Å². The van der Waals surface area contributed by atoms with Crippen LogP contribution in [0.2, 0.25) is 0 Å². The van der Waals surface area contributed by atoms with E-state index >= 15 is 0 Å². The molecule has 6 heteroatoms. The van der Waals surface area contributed by atoms with Gasteiger partial charge in [-0.1, -0.05) is 17.7 Å². The van der Waals surface area contributed by atoms with Gasteiger partial charge in [-0.3, -0.25) is 9.59 Å². The van der Waals surface area contributed by atoms with E-state index in [1.54, 1.807) is 22.8 Å². The Bertz CT molecular complexity index is 882. The van der Waals surface area contributed by atoms with Crippen molar-refractivity contribution < 1.29 is 19.5 Å². The number of carbonyl (C=O) groups excluding carboxylic acids is 2. The van der Waals surface area contributed by atoms with Gasteiger partial charge in [-0.15, -0.1) is 0 Å². The number of aryl methyl sites for hydroxylation is 2. The molecule has 2 amide bonds. The lowest BCUT2D eigenvalue weighted by molar-refractivity contribution is 0.0535. The van der Waals surface area contributed by atoms with E-state index in [0.717, 1.165) is 11.1 Å². The maximum absolute atomic E-state index is 12.7. The number of amides is 2. The third-order valence-electron chi connectivity index (χ3n) is 4.72. The van der Waals surface area contributed by atoms with E-state index in [9.17, 15) is 19.5 Å². The van der Waals surface area contributed by atoms with Gasteiger partial charge in [0.25, 0.3) is 11.8 Å². The number of carboxylic acid groups (broad SMARTS) is 1. The molecule has 2 aromatic carbocycles. The number of carbonyl (C=O) groups is 3. The monoisotopic (exact) mass is 366 g/mol. The molecule has 1 aliphatic rings. The summed E-state index contributed by atoms with van der Waals surface area (Å²) in [5.74, 6) is -1.30. The summed E-state index contributed by atoms with van der Waals surface area (Å²) in [5, 5.41) is 9.18. The van der Waals surface area contributed by atoms with Gasteiger partial charge in [0.05, 0.1) is 5.56 Å². The molecule has 1 fully saturated rings. The predicted octanol–water partition coefficient (Wildman–Crippen LogP) is 2.60. The molecular formula is C21H22N2O4. The van der Waals surface area contributed by atoms with Gasteiger partial charge in [0.2, 0.25) is 0 Å². The molecule has 27 heavy (non-hydrogen) atoms. The van der Waals surface area contributed by atoms with Crippen molar-refractivity contribution in [1.82, 2.24) is 9.80 Å². The molecule has 3 rings (SSSR count). The Balaban J connectivity index is 1.67. The number of carboxylic acids is 1. The highest BCUT2D eigenvalue weighted by Crippen LogP contribution is 2.15. The number of benzene rings is 2. The largest absolute Gasteiger partial charge is 0.478 e. The van der Waals surface area contributed by atoms with E-state index in [1.165, 1.54) is 12.1 Å². The average molecular weight is 366 g/mol. The molecule has 1 N–H and O–H groups in total. The lowest BCUT2D eigenvalue weighted by atomic mass is 10.0. The zero-order valence-corrected chi connectivity index (χ0v) is 15.4. The molecule has 2 aromatic rings. The van der Waals surface area contributed by atoms with Gasteiger partial charge in [0.15, 0.2) is 0 Å². The molecule has 0 bridgehead atoms. The molecule has 0 atom stereocenters. The number of piperazine rings is 1. The Morgan fingerprint density at radius 1 is 0.704 bits per heavy atom. The zero-order chi connectivity index (χ0) is 19.6. The Labute approximate surface area is 158 Å². The molecule has 1 aliphatic heterocycles. The number of hydrogen-bond acceptors (Lipinski definition) is 3. The quantitative estimate of drug-likeness (QED) is 0.906. The van der Waals surface area contributed by atoms with Crippen LogP contribution in [0.5, 0.6) is 0 Å². The second-order valence-corrected chi connectivity index (χ2v) is 6.84. The zero-order valence-electron chi connectivity index (χ0n) is 15.4. The number of hydrogen-bond donors (Lipinski definition) is 1.